The Bertz CT molecular complexity index is 213. The van der Waals surface area contributed by atoms with Gasteiger partial charge in [0, 0.05) is 19.3 Å². The first-order valence-electron chi connectivity index (χ1n) is 5.98. The molecule has 0 saturated heterocycles. The maximum absolute atomic E-state index is 2.48. The largest absolute Gasteiger partial charge is 0.378 e. The third-order valence-corrected chi connectivity index (χ3v) is 3.17. The summed E-state index contributed by atoms with van der Waals surface area (Å²) in [5, 5.41) is 0. The van der Waals surface area contributed by atoms with Crippen LogP contribution in [0.2, 0.25) is 0 Å². The maximum Gasteiger partial charge on any atom is 0.0171 e. The second-order valence-corrected chi connectivity index (χ2v) is 5.10. The van der Waals surface area contributed by atoms with Crippen LogP contribution in [0.15, 0.2) is 11.3 Å². The minimum atomic E-state index is 0.676. The van der Waals surface area contributed by atoms with Gasteiger partial charge in [-0.15, -0.1) is 0 Å². The van der Waals surface area contributed by atoms with Crippen LogP contribution in [0.5, 0.6) is 0 Å². The first kappa shape index (κ1) is 11.6. The lowest BCUT2D eigenvalue weighted by Gasteiger charge is -2.28. The zero-order valence-corrected chi connectivity index (χ0v) is 10.4. The van der Waals surface area contributed by atoms with Crippen molar-refractivity contribution in [1.29, 1.82) is 0 Å². The molecule has 0 unspecified atom stereocenters. The molecule has 0 atom stereocenters. The molecule has 0 amide bonds. The van der Waals surface area contributed by atoms with E-state index in [1.807, 2.05) is 0 Å². The Hall–Kier alpha value is -0.460. The topological polar surface area (TPSA) is 3.24 Å². The van der Waals surface area contributed by atoms with Crippen molar-refractivity contribution in [1.82, 2.24) is 4.90 Å². The molecule has 0 radical (unpaired) electrons. The fourth-order valence-corrected chi connectivity index (χ4v) is 2.55. The monoisotopic (exact) mass is 195 g/mol. The minimum Gasteiger partial charge on any atom is -0.378 e. The Morgan fingerprint density at radius 2 is 1.64 bits per heavy atom. The normalized spacial score (nSPS) is 19.5. The van der Waals surface area contributed by atoms with Crippen LogP contribution in [0, 0.1) is 11.8 Å². The van der Waals surface area contributed by atoms with Gasteiger partial charge >= 0.3 is 0 Å². The second kappa shape index (κ2) is 4.86. The minimum absolute atomic E-state index is 0.676. The number of nitrogens with zero attached hydrogens (tertiary/aromatic N) is 1. The van der Waals surface area contributed by atoms with Crippen molar-refractivity contribution in [3.05, 3.63) is 11.3 Å². The van der Waals surface area contributed by atoms with E-state index in [2.05, 4.69) is 39.6 Å². The summed E-state index contributed by atoms with van der Waals surface area (Å²) in [6.45, 7) is 10.5. The van der Waals surface area contributed by atoms with Crippen molar-refractivity contribution in [2.75, 3.05) is 13.6 Å². The highest BCUT2D eigenvalue weighted by Crippen LogP contribution is 2.30. The molecule has 0 saturated carbocycles. The molecule has 1 nitrogen and oxygen atoms in total. The van der Waals surface area contributed by atoms with E-state index in [0.717, 1.165) is 0 Å². The number of hydrogen-bond acceptors (Lipinski definition) is 1. The molecule has 1 aliphatic rings. The highest BCUT2D eigenvalue weighted by atomic mass is 15.1. The summed E-state index contributed by atoms with van der Waals surface area (Å²) in [5.41, 5.74) is 3.30. The summed E-state index contributed by atoms with van der Waals surface area (Å²) in [6, 6.07) is 0. The second-order valence-electron chi connectivity index (χ2n) is 5.10. The zero-order chi connectivity index (χ0) is 10.7. The van der Waals surface area contributed by atoms with Crippen molar-refractivity contribution in [3.63, 3.8) is 0 Å². The Labute approximate surface area is 89.2 Å². The van der Waals surface area contributed by atoms with Gasteiger partial charge in [-0.25, -0.2) is 0 Å². The Morgan fingerprint density at radius 1 is 1.00 bits per heavy atom. The van der Waals surface area contributed by atoms with E-state index < -0.39 is 0 Å². The van der Waals surface area contributed by atoms with Crippen molar-refractivity contribution in [3.8, 4) is 0 Å². The standard InChI is InChI=1S/C13H25N/c1-10(2)12-8-6-7-9-14(5)13(12)11(3)4/h10-11H,6-9H2,1-5H3. The van der Waals surface area contributed by atoms with E-state index in [4.69, 9.17) is 0 Å². The lowest BCUT2D eigenvalue weighted by Crippen LogP contribution is -2.23. The molecule has 0 aromatic rings. The van der Waals surface area contributed by atoms with E-state index in [1.54, 1.807) is 11.3 Å². The molecule has 0 aromatic carbocycles. The zero-order valence-electron chi connectivity index (χ0n) is 10.4. The summed E-state index contributed by atoms with van der Waals surface area (Å²) in [4.78, 5) is 2.48. The first-order chi connectivity index (χ1) is 6.54. The summed E-state index contributed by atoms with van der Waals surface area (Å²) < 4.78 is 0. The van der Waals surface area contributed by atoms with Crippen LogP contribution in [-0.4, -0.2) is 18.5 Å². The highest BCUT2D eigenvalue weighted by molar-refractivity contribution is 5.18. The third-order valence-electron chi connectivity index (χ3n) is 3.17. The van der Waals surface area contributed by atoms with Gasteiger partial charge in [0.25, 0.3) is 0 Å². The summed E-state index contributed by atoms with van der Waals surface area (Å²) >= 11 is 0. The van der Waals surface area contributed by atoms with Gasteiger partial charge in [0.1, 0.15) is 0 Å². The Balaban J connectivity index is 3.00. The van der Waals surface area contributed by atoms with E-state index in [9.17, 15) is 0 Å². The molecular formula is C13H25N. The lowest BCUT2D eigenvalue weighted by atomic mass is 9.92. The maximum atomic E-state index is 2.48. The van der Waals surface area contributed by atoms with Crippen molar-refractivity contribution in [2.24, 2.45) is 11.8 Å². The van der Waals surface area contributed by atoms with Gasteiger partial charge in [-0.05, 0) is 36.7 Å². The summed E-state index contributed by atoms with van der Waals surface area (Å²) in [7, 11) is 2.25. The summed E-state index contributed by atoms with van der Waals surface area (Å²) in [6.07, 6.45) is 4.03. The first-order valence-corrected chi connectivity index (χ1v) is 5.98. The molecule has 1 heteroatoms. The number of rotatable bonds is 2. The molecule has 0 fully saturated rings. The molecule has 14 heavy (non-hydrogen) atoms. The van der Waals surface area contributed by atoms with E-state index in [0.29, 0.717) is 11.8 Å². The predicted octanol–water partition coefficient (Wildman–Crippen LogP) is 3.67. The van der Waals surface area contributed by atoms with E-state index in [-0.39, 0.29) is 0 Å². The SMILES string of the molecule is CC(C)C1=C(C(C)C)N(C)CCCC1. The molecule has 0 bridgehead atoms. The number of hydrogen-bond donors (Lipinski definition) is 0. The van der Waals surface area contributed by atoms with Gasteiger partial charge in [-0.2, -0.15) is 0 Å². The van der Waals surface area contributed by atoms with Gasteiger partial charge in [0.2, 0.25) is 0 Å². The van der Waals surface area contributed by atoms with Crippen molar-refractivity contribution < 1.29 is 0 Å². The van der Waals surface area contributed by atoms with Crippen LogP contribution in [0.1, 0.15) is 47.0 Å². The van der Waals surface area contributed by atoms with Crippen LogP contribution in [0.25, 0.3) is 0 Å². The van der Waals surface area contributed by atoms with Crippen LogP contribution in [-0.2, 0) is 0 Å². The fourth-order valence-electron chi connectivity index (χ4n) is 2.55. The van der Waals surface area contributed by atoms with Gasteiger partial charge in [0.15, 0.2) is 0 Å². The quantitative estimate of drug-likeness (QED) is 0.650. The van der Waals surface area contributed by atoms with Crippen molar-refractivity contribution in [2.45, 2.75) is 47.0 Å². The Morgan fingerprint density at radius 3 is 2.14 bits per heavy atom. The molecule has 0 spiro atoms. The molecule has 1 heterocycles. The van der Waals surface area contributed by atoms with Gasteiger partial charge < -0.3 is 4.90 Å². The van der Waals surface area contributed by atoms with Crippen molar-refractivity contribution >= 4 is 0 Å². The Kier molecular flexibility index (Phi) is 4.03. The van der Waals surface area contributed by atoms with Crippen LogP contribution in [0.4, 0.5) is 0 Å². The molecular weight excluding hydrogens is 170 g/mol. The van der Waals surface area contributed by atoms with E-state index in [1.165, 1.54) is 25.8 Å². The highest BCUT2D eigenvalue weighted by Gasteiger charge is 2.19. The number of allylic oxidation sites excluding steroid dienone is 2. The lowest BCUT2D eigenvalue weighted by molar-refractivity contribution is 0.369. The molecule has 82 valence electrons. The van der Waals surface area contributed by atoms with E-state index >= 15 is 0 Å². The molecule has 0 aromatic heterocycles. The molecule has 0 aliphatic carbocycles. The summed E-state index contributed by atoms with van der Waals surface area (Å²) in [5.74, 6) is 1.39. The smallest absolute Gasteiger partial charge is 0.0171 e. The average molecular weight is 195 g/mol. The predicted molar refractivity (Wildman–Crippen MR) is 63.2 cm³/mol. The van der Waals surface area contributed by atoms with Gasteiger partial charge in [0.05, 0.1) is 0 Å². The van der Waals surface area contributed by atoms with Gasteiger partial charge in [-0.1, -0.05) is 27.7 Å². The molecule has 1 aliphatic heterocycles. The average Bonchev–Trinajstić information content (AvgIpc) is 2.26. The third kappa shape index (κ3) is 2.52. The van der Waals surface area contributed by atoms with Gasteiger partial charge in [-0.3, -0.25) is 0 Å². The van der Waals surface area contributed by atoms with Crippen LogP contribution < -0.4 is 0 Å². The fraction of sp³-hybridized carbons (Fsp3) is 0.846. The van der Waals surface area contributed by atoms with Crippen LogP contribution >= 0.6 is 0 Å². The molecule has 1 rings (SSSR count). The van der Waals surface area contributed by atoms with Crippen LogP contribution in [0.3, 0.4) is 0 Å². The molecule has 0 N–H and O–H groups in total.